The van der Waals surface area contributed by atoms with Crippen LogP contribution in [0.15, 0.2) is 53.4 Å². The summed E-state index contributed by atoms with van der Waals surface area (Å²) in [5, 5.41) is 8.56. The Hall–Kier alpha value is -2.46. The van der Waals surface area contributed by atoms with Crippen molar-refractivity contribution in [2.24, 2.45) is 5.14 Å². The normalized spacial score (nSPS) is 14.9. The van der Waals surface area contributed by atoms with E-state index in [-0.39, 0.29) is 29.7 Å². The van der Waals surface area contributed by atoms with E-state index in [9.17, 15) is 18.0 Å². The zero-order valence-corrected chi connectivity index (χ0v) is 19.2. The highest BCUT2D eigenvalue weighted by atomic mass is 35.5. The summed E-state index contributed by atoms with van der Waals surface area (Å²) in [4.78, 5) is 28.7. The van der Waals surface area contributed by atoms with Crippen molar-refractivity contribution in [3.8, 4) is 0 Å². The van der Waals surface area contributed by atoms with Gasteiger partial charge in [-0.25, -0.2) is 13.6 Å². The number of nitrogens with zero attached hydrogens (tertiary/aromatic N) is 2. The molecule has 1 aliphatic rings. The Balaban J connectivity index is 1.36. The van der Waals surface area contributed by atoms with Gasteiger partial charge in [0.2, 0.25) is 21.8 Å². The van der Waals surface area contributed by atoms with E-state index in [1.807, 2.05) is 28.0 Å². The third kappa shape index (κ3) is 7.03. The molecule has 0 atom stereocenters. The fourth-order valence-electron chi connectivity index (χ4n) is 3.52. The van der Waals surface area contributed by atoms with Crippen molar-refractivity contribution < 1.29 is 18.0 Å². The minimum atomic E-state index is -3.70. The van der Waals surface area contributed by atoms with Crippen molar-refractivity contribution >= 4 is 33.4 Å². The molecular weight excluding hydrogens is 452 g/mol. The molecule has 0 radical (unpaired) electrons. The van der Waals surface area contributed by atoms with Crippen LogP contribution in [-0.2, 0) is 32.5 Å². The maximum absolute atomic E-state index is 12.5. The molecule has 2 aromatic rings. The lowest BCUT2D eigenvalue weighted by Gasteiger charge is -2.34. The average molecular weight is 479 g/mol. The fraction of sp³-hybridized carbons (Fsp3) is 0.364. The van der Waals surface area contributed by atoms with E-state index >= 15 is 0 Å². The van der Waals surface area contributed by atoms with Crippen molar-refractivity contribution in [3.05, 3.63) is 64.7 Å². The lowest BCUT2D eigenvalue weighted by Crippen LogP contribution is -2.51. The zero-order chi connectivity index (χ0) is 23.1. The van der Waals surface area contributed by atoms with Gasteiger partial charge in [0.15, 0.2) is 0 Å². The molecule has 10 heteroatoms. The maximum atomic E-state index is 12.5. The van der Waals surface area contributed by atoms with Crippen LogP contribution in [0.3, 0.4) is 0 Å². The summed E-state index contributed by atoms with van der Waals surface area (Å²) in [5.41, 5.74) is 1.73. The molecule has 32 heavy (non-hydrogen) atoms. The highest BCUT2D eigenvalue weighted by Gasteiger charge is 2.22. The zero-order valence-electron chi connectivity index (χ0n) is 17.7. The summed E-state index contributed by atoms with van der Waals surface area (Å²) >= 11 is 6.14. The average Bonchev–Trinajstić information content (AvgIpc) is 2.75. The van der Waals surface area contributed by atoms with Gasteiger partial charge in [-0.15, -0.1) is 0 Å². The van der Waals surface area contributed by atoms with Gasteiger partial charge in [0.25, 0.3) is 0 Å². The van der Waals surface area contributed by atoms with E-state index in [4.69, 9.17) is 16.7 Å². The molecule has 0 saturated carbocycles. The monoisotopic (exact) mass is 478 g/mol. The molecule has 2 aromatic carbocycles. The fourth-order valence-corrected chi connectivity index (χ4v) is 4.24. The second-order valence-corrected chi connectivity index (χ2v) is 9.68. The van der Waals surface area contributed by atoms with Gasteiger partial charge in [-0.1, -0.05) is 41.9 Å². The predicted octanol–water partition coefficient (Wildman–Crippen LogP) is 1.03. The minimum Gasteiger partial charge on any atom is -0.355 e. The summed E-state index contributed by atoms with van der Waals surface area (Å²) in [6.07, 6.45) is 0.860. The third-order valence-electron chi connectivity index (χ3n) is 5.38. The number of rotatable bonds is 8. The number of piperazine rings is 1. The first-order chi connectivity index (χ1) is 15.2. The number of hydrogen-bond donors (Lipinski definition) is 2. The Kier molecular flexibility index (Phi) is 8.25. The Morgan fingerprint density at radius 1 is 1.00 bits per heavy atom. The van der Waals surface area contributed by atoms with Crippen molar-refractivity contribution in [1.29, 1.82) is 0 Å². The second kappa shape index (κ2) is 10.9. The number of halogens is 1. The lowest BCUT2D eigenvalue weighted by molar-refractivity contribution is -0.132. The molecule has 0 aromatic heterocycles. The van der Waals surface area contributed by atoms with E-state index in [1.165, 1.54) is 12.1 Å². The van der Waals surface area contributed by atoms with Crippen LogP contribution < -0.4 is 10.5 Å². The number of nitrogens with two attached hydrogens (primary N) is 1. The highest BCUT2D eigenvalue weighted by molar-refractivity contribution is 7.89. The van der Waals surface area contributed by atoms with Crippen LogP contribution in [0.2, 0.25) is 5.02 Å². The number of amides is 2. The molecule has 0 aliphatic carbocycles. The Morgan fingerprint density at radius 2 is 1.66 bits per heavy atom. The van der Waals surface area contributed by atoms with Crippen LogP contribution in [0.1, 0.15) is 11.1 Å². The number of primary sulfonamides is 1. The summed E-state index contributed by atoms with van der Waals surface area (Å²) in [7, 11) is -3.70. The Labute approximate surface area is 193 Å². The van der Waals surface area contributed by atoms with Gasteiger partial charge in [-0.05, 0) is 35.7 Å². The molecular formula is C22H27ClN4O4S. The quantitative estimate of drug-likeness (QED) is 0.588. The van der Waals surface area contributed by atoms with Crippen LogP contribution in [0.4, 0.5) is 0 Å². The number of nitrogens with one attached hydrogen (secondary N) is 1. The molecule has 0 unspecified atom stereocenters. The van der Waals surface area contributed by atoms with Crippen LogP contribution in [0, 0.1) is 0 Å². The standard InChI is InChI=1S/C22H27ClN4O4S/c23-20-4-2-1-3-18(20)15-22(29)27-13-11-26(12-14-27)16-21(28)25-10-9-17-5-7-19(8-6-17)32(24,30)31/h1-8H,9-16H2,(H,25,28)(H2,24,30,31). The third-order valence-corrected chi connectivity index (χ3v) is 6.68. The van der Waals surface area contributed by atoms with Crippen molar-refractivity contribution in [2.45, 2.75) is 17.7 Å². The number of sulfonamides is 1. The SMILES string of the molecule is NS(=O)(=O)c1ccc(CCNC(=O)CN2CCN(C(=O)Cc3ccccc3Cl)CC2)cc1. The first kappa shape index (κ1) is 24.2. The molecule has 1 fully saturated rings. The van der Waals surface area contributed by atoms with Crippen LogP contribution in [0.25, 0.3) is 0 Å². The maximum Gasteiger partial charge on any atom is 0.238 e. The molecule has 1 aliphatic heterocycles. The van der Waals surface area contributed by atoms with Gasteiger partial charge in [0.05, 0.1) is 17.9 Å². The van der Waals surface area contributed by atoms with Gasteiger partial charge >= 0.3 is 0 Å². The van der Waals surface area contributed by atoms with Gasteiger partial charge < -0.3 is 10.2 Å². The molecule has 0 bridgehead atoms. The van der Waals surface area contributed by atoms with Gasteiger partial charge in [0, 0.05) is 37.7 Å². The van der Waals surface area contributed by atoms with Crippen molar-refractivity contribution in [3.63, 3.8) is 0 Å². The summed E-state index contributed by atoms with van der Waals surface area (Å²) in [6, 6.07) is 13.6. The summed E-state index contributed by atoms with van der Waals surface area (Å²) in [5.74, 6) is -0.0438. The first-order valence-electron chi connectivity index (χ1n) is 10.3. The molecule has 172 valence electrons. The topological polar surface area (TPSA) is 113 Å². The van der Waals surface area contributed by atoms with Gasteiger partial charge in [-0.3, -0.25) is 14.5 Å². The van der Waals surface area contributed by atoms with Crippen molar-refractivity contribution in [1.82, 2.24) is 15.1 Å². The second-order valence-electron chi connectivity index (χ2n) is 7.71. The number of carbonyl (C=O) groups excluding carboxylic acids is 2. The lowest BCUT2D eigenvalue weighted by atomic mass is 10.1. The van der Waals surface area contributed by atoms with E-state index < -0.39 is 10.0 Å². The smallest absolute Gasteiger partial charge is 0.238 e. The summed E-state index contributed by atoms with van der Waals surface area (Å²) in [6.45, 7) is 3.15. The highest BCUT2D eigenvalue weighted by Crippen LogP contribution is 2.17. The van der Waals surface area contributed by atoms with Gasteiger partial charge in [-0.2, -0.15) is 0 Å². The first-order valence-corrected chi connectivity index (χ1v) is 12.3. The Morgan fingerprint density at radius 3 is 2.28 bits per heavy atom. The molecule has 3 N–H and O–H groups in total. The van der Waals surface area contributed by atoms with Gasteiger partial charge in [0.1, 0.15) is 0 Å². The largest absolute Gasteiger partial charge is 0.355 e. The molecule has 2 amide bonds. The van der Waals surface area contributed by atoms with E-state index in [0.29, 0.717) is 44.2 Å². The van der Waals surface area contributed by atoms with E-state index in [2.05, 4.69) is 5.32 Å². The molecule has 0 spiro atoms. The van der Waals surface area contributed by atoms with E-state index in [1.54, 1.807) is 18.2 Å². The molecule has 1 saturated heterocycles. The van der Waals surface area contributed by atoms with Crippen LogP contribution in [0.5, 0.6) is 0 Å². The van der Waals surface area contributed by atoms with Crippen LogP contribution in [-0.4, -0.2) is 69.3 Å². The summed E-state index contributed by atoms with van der Waals surface area (Å²) < 4.78 is 22.6. The number of carbonyl (C=O) groups is 2. The molecule has 8 nitrogen and oxygen atoms in total. The number of hydrogen-bond acceptors (Lipinski definition) is 5. The minimum absolute atomic E-state index is 0.0376. The molecule has 1 heterocycles. The van der Waals surface area contributed by atoms with Crippen LogP contribution >= 0.6 is 11.6 Å². The van der Waals surface area contributed by atoms with E-state index in [0.717, 1.165) is 11.1 Å². The molecule has 3 rings (SSSR count). The van der Waals surface area contributed by atoms with Crippen molar-refractivity contribution in [2.75, 3.05) is 39.3 Å². The number of benzene rings is 2. The predicted molar refractivity (Wildman–Crippen MR) is 123 cm³/mol. The Bertz CT molecular complexity index is 1050.